The number of fused-ring (bicyclic) bond motifs is 3. The Morgan fingerprint density at radius 2 is 1.67 bits per heavy atom. The molecule has 1 aliphatic rings. The molecule has 3 aromatic carbocycles. The standard InChI is InChI=1S/C23H20BrNO4S/c1-23(22(26)27,14-15-5-3-2-4-6-15)25-30(28,29)19-8-10-21-17(13-19)11-16-12-18(24)7-9-20(16)21/h2-10,12-13,25H,11,14H2,1H3,(H,26,27)/t23-/m0/s1. The summed E-state index contributed by atoms with van der Waals surface area (Å²) in [6.45, 7) is 1.39. The van der Waals surface area contributed by atoms with Crippen molar-refractivity contribution in [1.29, 1.82) is 0 Å². The second-order valence-corrected chi connectivity index (χ2v) is 10.3. The Hall–Kier alpha value is -2.48. The van der Waals surface area contributed by atoms with Crippen LogP contribution in [-0.4, -0.2) is 25.0 Å². The average molecular weight is 486 g/mol. The Balaban J connectivity index is 1.64. The number of nitrogens with one attached hydrogen (secondary N) is 1. The molecular weight excluding hydrogens is 466 g/mol. The van der Waals surface area contributed by atoms with Gasteiger partial charge in [0.2, 0.25) is 10.0 Å². The topological polar surface area (TPSA) is 83.5 Å². The SMILES string of the molecule is C[C@@](Cc1ccccc1)(NS(=O)(=O)c1ccc2c(c1)Cc1cc(Br)ccc1-2)C(=O)O. The lowest BCUT2D eigenvalue weighted by atomic mass is 9.94. The number of halogens is 1. The molecule has 7 heteroatoms. The molecule has 2 N–H and O–H groups in total. The third-order valence-corrected chi connectivity index (χ3v) is 7.44. The summed E-state index contributed by atoms with van der Waals surface area (Å²) in [6.07, 6.45) is 0.667. The summed E-state index contributed by atoms with van der Waals surface area (Å²) >= 11 is 3.47. The lowest BCUT2D eigenvalue weighted by Crippen LogP contribution is -2.53. The van der Waals surface area contributed by atoms with Gasteiger partial charge in [-0.05, 0) is 65.4 Å². The number of hydrogen-bond acceptors (Lipinski definition) is 3. The van der Waals surface area contributed by atoms with Crippen molar-refractivity contribution in [1.82, 2.24) is 4.72 Å². The minimum Gasteiger partial charge on any atom is -0.480 e. The van der Waals surface area contributed by atoms with Gasteiger partial charge in [0, 0.05) is 10.9 Å². The van der Waals surface area contributed by atoms with E-state index >= 15 is 0 Å². The minimum absolute atomic E-state index is 0.0345. The number of carboxylic acids is 1. The van der Waals surface area contributed by atoms with E-state index in [4.69, 9.17) is 0 Å². The zero-order chi connectivity index (χ0) is 21.5. The molecule has 154 valence electrons. The predicted molar refractivity (Wildman–Crippen MR) is 119 cm³/mol. The Kier molecular flexibility index (Phi) is 5.30. The van der Waals surface area contributed by atoms with Gasteiger partial charge in [-0.25, -0.2) is 8.42 Å². The Labute approximate surface area is 183 Å². The highest BCUT2D eigenvalue weighted by Gasteiger charge is 2.38. The van der Waals surface area contributed by atoms with Crippen LogP contribution in [0.5, 0.6) is 0 Å². The highest BCUT2D eigenvalue weighted by Crippen LogP contribution is 2.39. The first-order chi connectivity index (χ1) is 14.2. The molecule has 0 bridgehead atoms. The number of rotatable bonds is 6. The van der Waals surface area contributed by atoms with Crippen LogP contribution in [0.2, 0.25) is 0 Å². The van der Waals surface area contributed by atoms with Crippen LogP contribution in [0.25, 0.3) is 11.1 Å². The van der Waals surface area contributed by atoms with Gasteiger partial charge in [-0.1, -0.05) is 58.4 Å². The third-order valence-electron chi connectivity index (χ3n) is 5.36. The number of carboxylic acid groups (broad SMARTS) is 1. The number of aliphatic carboxylic acids is 1. The van der Waals surface area contributed by atoms with Crippen molar-refractivity contribution in [3.05, 3.63) is 87.9 Å². The van der Waals surface area contributed by atoms with Gasteiger partial charge in [-0.15, -0.1) is 0 Å². The van der Waals surface area contributed by atoms with E-state index in [0.717, 1.165) is 32.3 Å². The van der Waals surface area contributed by atoms with Crippen LogP contribution in [0, 0.1) is 0 Å². The molecule has 0 saturated heterocycles. The van der Waals surface area contributed by atoms with Gasteiger partial charge in [0.25, 0.3) is 0 Å². The van der Waals surface area contributed by atoms with Gasteiger partial charge in [-0.3, -0.25) is 4.79 Å². The smallest absolute Gasteiger partial charge is 0.324 e. The molecular formula is C23H20BrNO4S. The molecule has 0 spiro atoms. The van der Waals surface area contributed by atoms with Gasteiger partial charge in [0.1, 0.15) is 5.54 Å². The summed E-state index contributed by atoms with van der Waals surface area (Å²) in [5.74, 6) is -1.23. The van der Waals surface area contributed by atoms with Crippen molar-refractivity contribution in [3.63, 3.8) is 0 Å². The van der Waals surface area contributed by atoms with E-state index in [0.29, 0.717) is 6.42 Å². The third kappa shape index (κ3) is 3.93. The lowest BCUT2D eigenvalue weighted by Gasteiger charge is -2.26. The summed E-state index contributed by atoms with van der Waals surface area (Å²) in [5, 5.41) is 9.77. The van der Waals surface area contributed by atoms with Gasteiger partial charge < -0.3 is 5.11 Å². The fourth-order valence-electron chi connectivity index (χ4n) is 3.84. The summed E-state index contributed by atoms with van der Waals surface area (Å²) < 4.78 is 29.6. The van der Waals surface area contributed by atoms with Crippen molar-refractivity contribution in [2.75, 3.05) is 0 Å². The average Bonchev–Trinajstić information content (AvgIpc) is 3.04. The van der Waals surface area contributed by atoms with Crippen LogP contribution >= 0.6 is 15.9 Å². The first kappa shape index (κ1) is 20.8. The largest absolute Gasteiger partial charge is 0.480 e. The van der Waals surface area contributed by atoms with E-state index in [9.17, 15) is 18.3 Å². The highest BCUT2D eigenvalue weighted by molar-refractivity contribution is 9.10. The maximum absolute atomic E-state index is 13.1. The molecule has 0 aromatic heterocycles. The molecule has 1 atom stereocenters. The number of hydrogen-bond donors (Lipinski definition) is 2. The van der Waals surface area contributed by atoms with Crippen LogP contribution in [-0.2, 0) is 27.7 Å². The zero-order valence-electron chi connectivity index (χ0n) is 16.2. The Bertz CT molecular complexity index is 1240. The van der Waals surface area contributed by atoms with Crippen molar-refractivity contribution in [3.8, 4) is 11.1 Å². The van der Waals surface area contributed by atoms with Gasteiger partial charge in [0.15, 0.2) is 0 Å². The van der Waals surface area contributed by atoms with Crippen molar-refractivity contribution >= 4 is 31.9 Å². The van der Waals surface area contributed by atoms with E-state index in [1.165, 1.54) is 13.0 Å². The van der Waals surface area contributed by atoms with Crippen LogP contribution in [0.3, 0.4) is 0 Å². The van der Waals surface area contributed by atoms with E-state index in [1.807, 2.05) is 24.3 Å². The fraction of sp³-hybridized carbons (Fsp3) is 0.174. The van der Waals surface area contributed by atoms with Crippen LogP contribution in [0.1, 0.15) is 23.6 Å². The summed E-state index contributed by atoms with van der Waals surface area (Å²) in [4.78, 5) is 12.0. The molecule has 0 amide bonds. The monoisotopic (exact) mass is 485 g/mol. The molecule has 0 saturated carbocycles. The molecule has 0 unspecified atom stereocenters. The molecule has 3 aromatic rings. The van der Waals surface area contributed by atoms with Gasteiger partial charge >= 0.3 is 5.97 Å². The molecule has 4 rings (SSSR count). The van der Waals surface area contributed by atoms with E-state index in [2.05, 4.69) is 20.7 Å². The second kappa shape index (κ2) is 7.65. The van der Waals surface area contributed by atoms with E-state index in [-0.39, 0.29) is 11.3 Å². The Morgan fingerprint density at radius 3 is 2.33 bits per heavy atom. The molecule has 0 fully saturated rings. The number of carbonyl (C=O) groups is 1. The maximum atomic E-state index is 13.1. The lowest BCUT2D eigenvalue weighted by molar-refractivity contribution is -0.143. The summed E-state index contributed by atoms with van der Waals surface area (Å²) in [7, 11) is -4.04. The summed E-state index contributed by atoms with van der Waals surface area (Å²) in [5.41, 5.74) is 3.19. The predicted octanol–water partition coefficient (Wildman–Crippen LogP) is 4.38. The van der Waals surface area contributed by atoms with Crippen molar-refractivity contribution in [2.24, 2.45) is 0 Å². The number of sulfonamides is 1. The number of benzene rings is 3. The van der Waals surface area contributed by atoms with Crippen molar-refractivity contribution in [2.45, 2.75) is 30.2 Å². The molecule has 0 heterocycles. The van der Waals surface area contributed by atoms with Crippen LogP contribution < -0.4 is 4.72 Å². The summed E-state index contributed by atoms with van der Waals surface area (Å²) in [6, 6.07) is 19.9. The Morgan fingerprint density at radius 1 is 1.03 bits per heavy atom. The molecule has 5 nitrogen and oxygen atoms in total. The molecule has 0 aliphatic heterocycles. The second-order valence-electron chi connectivity index (χ2n) is 7.70. The van der Waals surface area contributed by atoms with E-state index < -0.39 is 21.5 Å². The van der Waals surface area contributed by atoms with Crippen LogP contribution in [0.4, 0.5) is 0 Å². The minimum atomic E-state index is -4.04. The molecule has 0 radical (unpaired) electrons. The van der Waals surface area contributed by atoms with Gasteiger partial charge in [0.05, 0.1) is 4.90 Å². The zero-order valence-corrected chi connectivity index (χ0v) is 18.6. The van der Waals surface area contributed by atoms with Crippen molar-refractivity contribution < 1.29 is 18.3 Å². The highest BCUT2D eigenvalue weighted by atomic mass is 79.9. The first-order valence-corrected chi connectivity index (χ1v) is 11.7. The quantitative estimate of drug-likeness (QED) is 0.424. The fourth-order valence-corrected chi connectivity index (χ4v) is 5.66. The van der Waals surface area contributed by atoms with E-state index in [1.54, 1.807) is 36.4 Å². The van der Waals surface area contributed by atoms with Crippen LogP contribution in [0.15, 0.2) is 76.1 Å². The normalized spacial score (nSPS) is 14.6. The molecule has 1 aliphatic carbocycles. The van der Waals surface area contributed by atoms with Gasteiger partial charge in [-0.2, -0.15) is 4.72 Å². The first-order valence-electron chi connectivity index (χ1n) is 9.41. The maximum Gasteiger partial charge on any atom is 0.324 e. The molecule has 30 heavy (non-hydrogen) atoms.